The molecule has 1 aromatic carbocycles. The van der Waals surface area contributed by atoms with Crippen LogP contribution in [-0.4, -0.2) is 35.4 Å². The van der Waals surface area contributed by atoms with Gasteiger partial charge < -0.3 is 25.0 Å². The minimum atomic E-state index is -1.51. The number of hydrogen-bond donors (Lipinski definition) is 3. The number of aliphatic carboxylic acids is 2. The lowest BCUT2D eigenvalue weighted by molar-refractivity contribution is -0.140. The summed E-state index contributed by atoms with van der Waals surface area (Å²) in [5, 5.41) is 20.1. The van der Waals surface area contributed by atoms with Gasteiger partial charge in [-0.2, -0.15) is 0 Å². The predicted octanol–water partition coefficient (Wildman–Crippen LogP) is 1.20. The van der Waals surface area contributed by atoms with E-state index >= 15 is 0 Å². The fourth-order valence-electron chi connectivity index (χ4n) is 1.70. The van der Waals surface area contributed by atoms with Gasteiger partial charge in [-0.25, -0.2) is 9.59 Å². The first-order valence-electron chi connectivity index (χ1n) is 5.84. The second-order valence-corrected chi connectivity index (χ2v) is 4.01. The number of carbonyl (C=O) groups is 2. The minimum absolute atomic E-state index is 0.445. The SMILES string of the molecule is O=C(O)C(=CNc1cccc(C2OCCO2)c1)C(=O)O. The molecular formula is C13H13NO6. The number of nitrogens with one attached hydrogen (secondary N) is 1. The van der Waals surface area contributed by atoms with Crippen LogP contribution in [0.4, 0.5) is 5.69 Å². The van der Waals surface area contributed by atoms with Crippen LogP contribution >= 0.6 is 0 Å². The van der Waals surface area contributed by atoms with Crippen LogP contribution < -0.4 is 5.32 Å². The monoisotopic (exact) mass is 279 g/mol. The van der Waals surface area contributed by atoms with E-state index in [9.17, 15) is 9.59 Å². The van der Waals surface area contributed by atoms with E-state index in [4.69, 9.17) is 19.7 Å². The van der Waals surface area contributed by atoms with Gasteiger partial charge >= 0.3 is 11.9 Å². The van der Waals surface area contributed by atoms with Crippen LogP contribution in [0.25, 0.3) is 0 Å². The first-order valence-corrected chi connectivity index (χ1v) is 5.84. The molecule has 7 heteroatoms. The lowest BCUT2D eigenvalue weighted by Crippen LogP contribution is -2.12. The Morgan fingerprint density at radius 2 is 1.85 bits per heavy atom. The van der Waals surface area contributed by atoms with Gasteiger partial charge in [0.25, 0.3) is 0 Å². The first-order chi connectivity index (χ1) is 9.58. The third-order valence-electron chi connectivity index (χ3n) is 2.62. The second-order valence-electron chi connectivity index (χ2n) is 4.01. The van der Waals surface area contributed by atoms with Crippen molar-refractivity contribution < 1.29 is 29.3 Å². The highest BCUT2D eigenvalue weighted by atomic mass is 16.7. The second kappa shape index (κ2) is 6.18. The summed E-state index contributed by atoms with van der Waals surface area (Å²) in [6, 6.07) is 6.92. The molecule has 2 rings (SSSR count). The largest absolute Gasteiger partial charge is 0.477 e. The maximum Gasteiger partial charge on any atom is 0.344 e. The standard InChI is InChI=1S/C13H13NO6/c15-11(16)10(12(17)18)7-14-9-3-1-2-8(6-9)13-19-4-5-20-13/h1-3,6-7,13-14H,4-5H2,(H,15,16)(H,17,18). The van der Waals surface area contributed by atoms with Gasteiger partial charge in [-0.1, -0.05) is 12.1 Å². The lowest BCUT2D eigenvalue weighted by Gasteiger charge is -2.10. The molecule has 0 amide bonds. The van der Waals surface area contributed by atoms with Crippen molar-refractivity contribution in [2.75, 3.05) is 18.5 Å². The Balaban J connectivity index is 2.13. The summed E-state index contributed by atoms with van der Waals surface area (Å²) in [7, 11) is 0. The Kier molecular flexibility index (Phi) is 4.34. The molecule has 1 aliphatic heterocycles. The summed E-state index contributed by atoms with van der Waals surface area (Å²) in [5.74, 6) is -3.02. The highest BCUT2D eigenvalue weighted by Crippen LogP contribution is 2.25. The fraction of sp³-hybridized carbons (Fsp3) is 0.231. The van der Waals surface area contributed by atoms with Gasteiger partial charge in [-0.3, -0.25) is 0 Å². The molecule has 1 fully saturated rings. The molecule has 106 valence electrons. The maximum absolute atomic E-state index is 10.7. The third kappa shape index (κ3) is 3.34. The maximum atomic E-state index is 10.7. The van der Waals surface area contributed by atoms with Gasteiger partial charge in [0.15, 0.2) is 11.9 Å². The zero-order valence-electron chi connectivity index (χ0n) is 10.4. The van der Waals surface area contributed by atoms with Gasteiger partial charge in [0, 0.05) is 17.5 Å². The molecule has 0 spiro atoms. The molecular weight excluding hydrogens is 266 g/mol. The molecule has 0 radical (unpaired) electrons. The smallest absolute Gasteiger partial charge is 0.344 e. The Labute approximate surface area is 114 Å². The van der Waals surface area contributed by atoms with Crippen LogP contribution in [0.15, 0.2) is 36.0 Å². The van der Waals surface area contributed by atoms with Crippen molar-refractivity contribution in [2.45, 2.75) is 6.29 Å². The number of anilines is 1. The summed E-state index contributed by atoms with van der Waals surface area (Å²) < 4.78 is 10.7. The van der Waals surface area contributed by atoms with Crippen LogP contribution in [0.1, 0.15) is 11.9 Å². The van der Waals surface area contributed by atoms with E-state index in [1.54, 1.807) is 24.3 Å². The minimum Gasteiger partial charge on any atom is -0.477 e. The van der Waals surface area contributed by atoms with Gasteiger partial charge in [0.1, 0.15) is 0 Å². The van der Waals surface area contributed by atoms with Crippen molar-refractivity contribution in [1.29, 1.82) is 0 Å². The number of ether oxygens (including phenoxy) is 2. The summed E-state index contributed by atoms with van der Waals surface area (Å²) >= 11 is 0. The van der Waals surface area contributed by atoms with Crippen LogP contribution in [0.2, 0.25) is 0 Å². The summed E-state index contributed by atoms with van der Waals surface area (Å²) in [4.78, 5) is 21.4. The van der Waals surface area contributed by atoms with Gasteiger partial charge in [-0.05, 0) is 12.1 Å². The van der Waals surface area contributed by atoms with Crippen molar-refractivity contribution in [1.82, 2.24) is 0 Å². The van der Waals surface area contributed by atoms with E-state index in [0.717, 1.165) is 11.8 Å². The molecule has 1 saturated heterocycles. The fourth-order valence-corrected chi connectivity index (χ4v) is 1.70. The average molecular weight is 279 g/mol. The van der Waals surface area contributed by atoms with E-state index in [1.807, 2.05) is 0 Å². The van der Waals surface area contributed by atoms with Crippen molar-refractivity contribution in [3.8, 4) is 0 Å². The normalized spacial score (nSPS) is 14.8. The number of carboxylic acids is 2. The number of hydrogen-bond acceptors (Lipinski definition) is 5. The van der Waals surface area contributed by atoms with Gasteiger partial charge in [0.2, 0.25) is 0 Å². The van der Waals surface area contributed by atoms with Crippen LogP contribution in [-0.2, 0) is 19.1 Å². The van der Waals surface area contributed by atoms with E-state index in [0.29, 0.717) is 18.9 Å². The van der Waals surface area contributed by atoms with E-state index in [2.05, 4.69) is 5.32 Å². The first kappa shape index (κ1) is 14.0. The highest BCUT2D eigenvalue weighted by molar-refractivity contribution is 6.12. The third-order valence-corrected chi connectivity index (χ3v) is 2.62. The molecule has 0 bridgehead atoms. The molecule has 20 heavy (non-hydrogen) atoms. The van der Waals surface area contributed by atoms with Crippen molar-refractivity contribution in [2.24, 2.45) is 0 Å². The Bertz CT molecular complexity index is 532. The molecule has 1 aromatic rings. The number of benzene rings is 1. The molecule has 1 heterocycles. The molecule has 0 saturated carbocycles. The molecule has 7 nitrogen and oxygen atoms in total. The van der Waals surface area contributed by atoms with Crippen LogP contribution in [0.3, 0.4) is 0 Å². The van der Waals surface area contributed by atoms with Crippen molar-refractivity contribution in [3.05, 3.63) is 41.6 Å². The quantitative estimate of drug-likeness (QED) is 0.422. The average Bonchev–Trinajstić information content (AvgIpc) is 2.92. The van der Waals surface area contributed by atoms with E-state index in [1.165, 1.54) is 0 Å². The Hall–Kier alpha value is -2.38. The lowest BCUT2D eigenvalue weighted by atomic mass is 10.2. The summed E-state index contributed by atoms with van der Waals surface area (Å²) in [5.41, 5.74) is 0.568. The van der Waals surface area contributed by atoms with Gasteiger partial charge in [0.05, 0.1) is 13.2 Å². The molecule has 0 unspecified atom stereocenters. The topological polar surface area (TPSA) is 105 Å². The Morgan fingerprint density at radius 3 is 2.45 bits per heavy atom. The van der Waals surface area contributed by atoms with E-state index < -0.39 is 23.8 Å². The highest BCUT2D eigenvalue weighted by Gasteiger charge is 2.18. The summed E-state index contributed by atoms with van der Waals surface area (Å²) in [6.45, 7) is 1.04. The zero-order chi connectivity index (χ0) is 14.5. The van der Waals surface area contributed by atoms with Crippen molar-refractivity contribution >= 4 is 17.6 Å². The zero-order valence-corrected chi connectivity index (χ0v) is 10.4. The molecule has 0 aromatic heterocycles. The molecule has 3 N–H and O–H groups in total. The molecule has 1 aliphatic rings. The number of rotatable bonds is 5. The van der Waals surface area contributed by atoms with E-state index in [-0.39, 0.29) is 0 Å². The Morgan fingerprint density at radius 1 is 1.20 bits per heavy atom. The molecule has 0 aliphatic carbocycles. The van der Waals surface area contributed by atoms with Gasteiger partial charge in [-0.15, -0.1) is 0 Å². The van der Waals surface area contributed by atoms with Crippen LogP contribution in [0, 0.1) is 0 Å². The molecule has 0 atom stereocenters. The predicted molar refractivity (Wildman–Crippen MR) is 68.1 cm³/mol. The van der Waals surface area contributed by atoms with Crippen LogP contribution in [0.5, 0.6) is 0 Å². The summed E-state index contributed by atoms with van der Waals surface area (Å²) in [6.07, 6.45) is 0.485. The van der Waals surface area contributed by atoms with Crippen molar-refractivity contribution in [3.63, 3.8) is 0 Å². The number of carboxylic acid groups (broad SMARTS) is 2.